The number of anilines is 1. The normalized spacial score (nSPS) is 10.3. The Morgan fingerprint density at radius 2 is 1.77 bits per heavy atom. The SMILES string of the molecule is Cc1cc(NC(=O)COC(=O)Cc2ccc(Cl)cc2)c([N+](=O)[O-])cc1C. The largest absolute Gasteiger partial charge is 0.455 e. The number of nitrogens with one attached hydrogen (secondary N) is 1. The van der Waals surface area contributed by atoms with Crippen LogP contribution in [0.1, 0.15) is 16.7 Å². The second-order valence-electron chi connectivity index (χ2n) is 5.72. The molecule has 136 valence electrons. The van der Waals surface area contributed by atoms with Gasteiger partial charge in [-0.3, -0.25) is 19.7 Å². The number of nitro groups is 1. The van der Waals surface area contributed by atoms with Gasteiger partial charge in [0.05, 0.1) is 11.3 Å². The third kappa shape index (κ3) is 5.29. The summed E-state index contributed by atoms with van der Waals surface area (Å²) in [5.74, 6) is -1.24. The predicted octanol–water partition coefficient (Wildman–Crippen LogP) is 3.59. The highest BCUT2D eigenvalue weighted by Crippen LogP contribution is 2.27. The molecule has 0 unspecified atom stereocenters. The summed E-state index contributed by atoms with van der Waals surface area (Å²) in [6, 6.07) is 9.56. The van der Waals surface area contributed by atoms with Crippen molar-refractivity contribution in [2.75, 3.05) is 11.9 Å². The van der Waals surface area contributed by atoms with Crippen LogP contribution in [0.4, 0.5) is 11.4 Å². The Kier molecular flexibility index (Phi) is 6.30. The molecule has 0 saturated carbocycles. The quantitative estimate of drug-likeness (QED) is 0.472. The van der Waals surface area contributed by atoms with E-state index in [1.54, 1.807) is 38.1 Å². The molecule has 0 aliphatic carbocycles. The van der Waals surface area contributed by atoms with Gasteiger partial charge in [0, 0.05) is 11.1 Å². The van der Waals surface area contributed by atoms with E-state index >= 15 is 0 Å². The summed E-state index contributed by atoms with van der Waals surface area (Å²) in [4.78, 5) is 34.3. The maximum atomic E-state index is 12.0. The first-order valence-corrected chi connectivity index (χ1v) is 8.09. The zero-order valence-corrected chi connectivity index (χ0v) is 15.0. The summed E-state index contributed by atoms with van der Waals surface area (Å²) in [7, 11) is 0. The molecule has 0 fully saturated rings. The smallest absolute Gasteiger partial charge is 0.310 e. The third-order valence-electron chi connectivity index (χ3n) is 3.71. The van der Waals surface area contributed by atoms with Gasteiger partial charge in [0.25, 0.3) is 11.6 Å². The van der Waals surface area contributed by atoms with Crippen molar-refractivity contribution < 1.29 is 19.2 Å². The van der Waals surface area contributed by atoms with Crippen LogP contribution >= 0.6 is 11.6 Å². The van der Waals surface area contributed by atoms with Gasteiger partial charge >= 0.3 is 5.97 Å². The van der Waals surface area contributed by atoms with E-state index in [2.05, 4.69) is 5.32 Å². The summed E-state index contributed by atoms with van der Waals surface area (Å²) in [5.41, 5.74) is 2.09. The van der Waals surface area contributed by atoms with Crippen molar-refractivity contribution >= 4 is 34.9 Å². The highest BCUT2D eigenvalue weighted by atomic mass is 35.5. The fourth-order valence-electron chi connectivity index (χ4n) is 2.20. The summed E-state index contributed by atoms with van der Waals surface area (Å²) >= 11 is 5.77. The fraction of sp³-hybridized carbons (Fsp3) is 0.222. The number of nitrogens with zero attached hydrogens (tertiary/aromatic N) is 1. The molecular formula is C18H17ClN2O5. The van der Waals surface area contributed by atoms with Crippen LogP contribution in [0.25, 0.3) is 0 Å². The van der Waals surface area contributed by atoms with Crippen molar-refractivity contribution in [3.63, 3.8) is 0 Å². The standard InChI is InChI=1S/C18H17ClN2O5/c1-11-7-15(16(21(24)25)8-12(11)2)20-17(22)10-26-18(23)9-13-3-5-14(19)6-4-13/h3-8H,9-10H2,1-2H3,(H,20,22). The maximum Gasteiger partial charge on any atom is 0.310 e. The first-order valence-electron chi connectivity index (χ1n) is 7.72. The second kappa shape index (κ2) is 8.44. The number of carbonyl (C=O) groups excluding carboxylic acids is 2. The Labute approximate surface area is 155 Å². The first kappa shape index (κ1) is 19.4. The predicted molar refractivity (Wildman–Crippen MR) is 97.3 cm³/mol. The molecule has 0 spiro atoms. The number of hydrogen-bond donors (Lipinski definition) is 1. The number of aryl methyl sites for hydroxylation is 2. The number of amides is 1. The minimum absolute atomic E-state index is 0.00572. The van der Waals surface area contributed by atoms with E-state index in [-0.39, 0.29) is 17.8 Å². The summed E-state index contributed by atoms with van der Waals surface area (Å²) in [6.07, 6.45) is -0.00572. The lowest BCUT2D eigenvalue weighted by Gasteiger charge is -2.09. The van der Waals surface area contributed by atoms with Gasteiger partial charge in [0.2, 0.25) is 0 Å². The zero-order chi connectivity index (χ0) is 19.3. The zero-order valence-electron chi connectivity index (χ0n) is 14.2. The number of ether oxygens (including phenoxy) is 1. The van der Waals surface area contributed by atoms with E-state index in [9.17, 15) is 19.7 Å². The number of nitro benzene ring substituents is 1. The molecule has 0 atom stereocenters. The van der Waals surface area contributed by atoms with E-state index in [0.29, 0.717) is 10.6 Å². The molecule has 0 aliphatic rings. The van der Waals surface area contributed by atoms with Crippen molar-refractivity contribution in [2.45, 2.75) is 20.3 Å². The maximum absolute atomic E-state index is 12.0. The Hall–Kier alpha value is -2.93. The summed E-state index contributed by atoms with van der Waals surface area (Å²) in [6.45, 7) is 2.99. The van der Waals surface area contributed by atoms with E-state index in [0.717, 1.165) is 11.1 Å². The lowest BCUT2D eigenvalue weighted by molar-refractivity contribution is -0.384. The van der Waals surface area contributed by atoms with Gasteiger partial charge in [-0.2, -0.15) is 0 Å². The Bertz CT molecular complexity index is 849. The second-order valence-corrected chi connectivity index (χ2v) is 6.16. The number of benzene rings is 2. The van der Waals surface area contributed by atoms with E-state index in [1.807, 2.05) is 0 Å². The van der Waals surface area contributed by atoms with Crippen LogP contribution in [-0.4, -0.2) is 23.4 Å². The molecule has 0 radical (unpaired) electrons. The highest BCUT2D eigenvalue weighted by molar-refractivity contribution is 6.30. The minimum atomic E-state index is -0.652. The van der Waals surface area contributed by atoms with Gasteiger partial charge in [-0.25, -0.2) is 0 Å². The third-order valence-corrected chi connectivity index (χ3v) is 3.96. The van der Waals surface area contributed by atoms with E-state index < -0.39 is 23.4 Å². The topological polar surface area (TPSA) is 98.5 Å². The molecule has 0 saturated heterocycles. The molecule has 0 heterocycles. The number of rotatable bonds is 6. The molecule has 0 aliphatic heterocycles. The van der Waals surface area contributed by atoms with Gasteiger partial charge in [-0.15, -0.1) is 0 Å². The van der Waals surface area contributed by atoms with Crippen molar-refractivity contribution in [1.29, 1.82) is 0 Å². The average molecular weight is 377 g/mol. The lowest BCUT2D eigenvalue weighted by Crippen LogP contribution is -2.22. The van der Waals surface area contributed by atoms with Crippen LogP contribution in [0.3, 0.4) is 0 Å². The number of carbonyl (C=O) groups is 2. The number of halogens is 1. The Balaban J connectivity index is 1.94. The summed E-state index contributed by atoms with van der Waals surface area (Å²) in [5, 5.41) is 14.1. The molecule has 7 nitrogen and oxygen atoms in total. The Morgan fingerprint density at radius 3 is 2.38 bits per heavy atom. The van der Waals surface area contributed by atoms with Crippen molar-refractivity contribution in [1.82, 2.24) is 0 Å². The van der Waals surface area contributed by atoms with Crippen molar-refractivity contribution in [3.05, 3.63) is 68.2 Å². The van der Waals surface area contributed by atoms with Crippen LogP contribution in [0.5, 0.6) is 0 Å². The molecule has 2 rings (SSSR count). The molecule has 1 N–H and O–H groups in total. The number of hydrogen-bond acceptors (Lipinski definition) is 5. The molecule has 2 aromatic rings. The lowest BCUT2D eigenvalue weighted by atomic mass is 10.1. The van der Waals surface area contributed by atoms with Gasteiger partial charge in [0.15, 0.2) is 6.61 Å². The van der Waals surface area contributed by atoms with Crippen molar-refractivity contribution in [3.8, 4) is 0 Å². The van der Waals surface area contributed by atoms with Crippen LogP contribution in [0.15, 0.2) is 36.4 Å². The molecule has 0 aromatic heterocycles. The van der Waals surface area contributed by atoms with E-state index in [4.69, 9.17) is 16.3 Å². The van der Waals surface area contributed by atoms with Crippen LogP contribution in [-0.2, 0) is 20.7 Å². The van der Waals surface area contributed by atoms with Gasteiger partial charge in [0.1, 0.15) is 5.69 Å². The first-order chi connectivity index (χ1) is 12.3. The van der Waals surface area contributed by atoms with Crippen LogP contribution in [0, 0.1) is 24.0 Å². The molecule has 0 bridgehead atoms. The minimum Gasteiger partial charge on any atom is -0.455 e. The molecular weight excluding hydrogens is 360 g/mol. The van der Waals surface area contributed by atoms with E-state index in [1.165, 1.54) is 12.1 Å². The molecule has 26 heavy (non-hydrogen) atoms. The summed E-state index contributed by atoms with van der Waals surface area (Å²) < 4.78 is 4.91. The van der Waals surface area contributed by atoms with Gasteiger partial charge in [-0.05, 0) is 48.7 Å². The van der Waals surface area contributed by atoms with Gasteiger partial charge in [-0.1, -0.05) is 23.7 Å². The van der Waals surface area contributed by atoms with Gasteiger partial charge < -0.3 is 10.1 Å². The van der Waals surface area contributed by atoms with Crippen LogP contribution < -0.4 is 5.32 Å². The highest BCUT2D eigenvalue weighted by Gasteiger charge is 2.18. The molecule has 8 heteroatoms. The number of esters is 1. The Morgan fingerprint density at radius 1 is 1.15 bits per heavy atom. The van der Waals surface area contributed by atoms with Crippen LogP contribution in [0.2, 0.25) is 5.02 Å². The average Bonchev–Trinajstić information content (AvgIpc) is 2.58. The fourth-order valence-corrected chi connectivity index (χ4v) is 2.33. The van der Waals surface area contributed by atoms with Crippen molar-refractivity contribution in [2.24, 2.45) is 0 Å². The monoisotopic (exact) mass is 376 g/mol. The molecule has 1 amide bonds. The molecule has 2 aromatic carbocycles.